The number of hydrogen-bond acceptors (Lipinski definition) is 2. The van der Waals surface area contributed by atoms with Gasteiger partial charge in [0.1, 0.15) is 5.82 Å². The Kier molecular flexibility index (Phi) is 5.95. The number of halogens is 2. The minimum Gasteiger partial charge on any atom is -0.481 e. The van der Waals surface area contributed by atoms with Gasteiger partial charge in [-0.2, -0.15) is 0 Å². The Balaban J connectivity index is 2.48. The maximum absolute atomic E-state index is 13.3. The molecule has 1 amide bonds. The number of anilines is 1. The summed E-state index contributed by atoms with van der Waals surface area (Å²) < 4.78 is 13.7. The Labute approximate surface area is 119 Å². The monoisotopic (exact) mass is 331 g/mol. The number of aryl methyl sites for hydroxylation is 1. The standard InChI is InChI=1S/C13H15BrFNO3/c1-8-6-9(14)10(15)7-11(8)16-12(17)4-2-3-5-13(18)19/h6-7H,2-5H2,1H3,(H,16,17)(H,18,19). The average Bonchev–Trinajstić information content (AvgIpc) is 2.31. The Morgan fingerprint density at radius 2 is 1.95 bits per heavy atom. The Morgan fingerprint density at radius 1 is 1.32 bits per heavy atom. The topological polar surface area (TPSA) is 66.4 Å². The van der Waals surface area contributed by atoms with E-state index in [0.29, 0.717) is 23.0 Å². The van der Waals surface area contributed by atoms with E-state index in [1.54, 1.807) is 13.0 Å². The zero-order valence-corrected chi connectivity index (χ0v) is 12.1. The predicted molar refractivity (Wildman–Crippen MR) is 73.6 cm³/mol. The van der Waals surface area contributed by atoms with Crippen LogP contribution in [0.15, 0.2) is 16.6 Å². The zero-order chi connectivity index (χ0) is 14.4. The first-order valence-corrected chi connectivity index (χ1v) is 6.66. The molecule has 0 atom stereocenters. The summed E-state index contributed by atoms with van der Waals surface area (Å²) in [5.74, 6) is -1.55. The molecule has 104 valence electrons. The molecule has 2 N–H and O–H groups in total. The summed E-state index contributed by atoms with van der Waals surface area (Å²) in [6.45, 7) is 1.77. The zero-order valence-electron chi connectivity index (χ0n) is 10.5. The number of carboxylic acid groups (broad SMARTS) is 1. The third-order valence-electron chi connectivity index (χ3n) is 2.59. The van der Waals surface area contributed by atoms with E-state index in [0.717, 1.165) is 5.56 Å². The van der Waals surface area contributed by atoms with Crippen LogP contribution in [0.2, 0.25) is 0 Å². The average molecular weight is 332 g/mol. The van der Waals surface area contributed by atoms with Crippen LogP contribution in [-0.2, 0) is 9.59 Å². The van der Waals surface area contributed by atoms with E-state index < -0.39 is 11.8 Å². The van der Waals surface area contributed by atoms with E-state index in [4.69, 9.17) is 5.11 Å². The molecule has 1 aromatic rings. The SMILES string of the molecule is Cc1cc(Br)c(F)cc1NC(=O)CCCCC(=O)O. The lowest BCUT2D eigenvalue weighted by molar-refractivity contribution is -0.137. The van der Waals surface area contributed by atoms with Gasteiger partial charge in [0.2, 0.25) is 5.91 Å². The van der Waals surface area contributed by atoms with Gasteiger partial charge >= 0.3 is 5.97 Å². The number of amides is 1. The molecule has 0 aromatic heterocycles. The fourth-order valence-electron chi connectivity index (χ4n) is 1.56. The number of nitrogens with one attached hydrogen (secondary N) is 1. The van der Waals surface area contributed by atoms with Crippen molar-refractivity contribution in [2.75, 3.05) is 5.32 Å². The minimum atomic E-state index is -0.869. The van der Waals surface area contributed by atoms with Gasteiger partial charge in [0.05, 0.1) is 4.47 Å². The van der Waals surface area contributed by atoms with Gasteiger partial charge < -0.3 is 10.4 Å². The van der Waals surface area contributed by atoms with Gasteiger partial charge in [0.15, 0.2) is 0 Å². The van der Waals surface area contributed by atoms with E-state index in [2.05, 4.69) is 21.2 Å². The second-order valence-corrected chi connectivity index (χ2v) is 5.08. The molecule has 0 radical (unpaired) electrons. The van der Waals surface area contributed by atoms with E-state index in [1.807, 2.05) is 0 Å². The third-order valence-corrected chi connectivity index (χ3v) is 3.19. The van der Waals surface area contributed by atoms with Crippen LogP contribution in [0.1, 0.15) is 31.2 Å². The highest BCUT2D eigenvalue weighted by Gasteiger charge is 2.09. The molecule has 1 aromatic carbocycles. The van der Waals surface area contributed by atoms with Gasteiger partial charge in [0, 0.05) is 18.5 Å². The van der Waals surface area contributed by atoms with Crippen molar-refractivity contribution in [3.8, 4) is 0 Å². The molecular formula is C13H15BrFNO3. The maximum atomic E-state index is 13.3. The summed E-state index contributed by atoms with van der Waals surface area (Å²) in [4.78, 5) is 21.9. The number of carbonyl (C=O) groups excluding carboxylic acids is 1. The normalized spacial score (nSPS) is 10.3. The number of hydrogen-bond donors (Lipinski definition) is 2. The maximum Gasteiger partial charge on any atom is 0.303 e. The quantitative estimate of drug-likeness (QED) is 0.784. The summed E-state index contributed by atoms with van der Waals surface area (Å²) in [6.07, 6.45) is 1.23. The van der Waals surface area contributed by atoms with Crippen molar-refractivity contribution in [1.29, 1.82) is 0 Å². The predicted octanol–water partition coefficient (Wildman–Crippen LogP) is 3.48. The fourth-order valence-corrected chi connectivity index (χ4v) is 2.01. The molecule has 1 rings (SSSR count). The molecule has 0 aliphatic rings. The molecule has 0 bridgehead atoms. The number of aliphatic carboxylic acids is 1. The largest absolute Gasteiger partial charge is 0.481 e. The Morgan fingerprint density at radius 3 is 2.58 bits per heavy atom. The van der Waals surface area contributed by atoms with Crippen molar-refractivity contribution >= 4 is 33.5 Å². The van der Waals surface area contributed by atoms with Crippen molar-refractivity contribution in [3.63, 3.8) is 0 Å². The third kappa shape index (κ3) is 5.38. The van der Waals surface area contributed by atoms with Crippen LogP contribution in [0.5, 0.6) is 0 Å². The van der Waals surface area contributed by atoms with Gasteiger partial charge in [-0.1, -0.05) is 0 Å². The molecule has 0 heterocycles. The smallest absolute Gasteiger partial charge is 0.303 e. The lowest BCUT2D eigenvalue weighted by Gasteiger charge is -2.09. The van der Waals surface area contributed by atoms with E-state index >= 15 is 0 Å². The summed E-state index contributed by atoms with van der Waals surface area (Å²) in [6, 6.07) is 2.85. The van der Waals surface area contributed by atoms with Crippen LogP contribution < -0.4 is 5.32 Å². The molecule has 0 spiro atoms. The molecule has 4 nitrogen and oxygen atoms in total. The lowest BCUT2D eigenvalue weighted by atomic mass is 10.1. The summed E-state index contributed by atoms with van der Waals surface area (Å²) in [5.41, 5.74) is 1.19. The Hall–Kier alpha value is -1.43. The molecule has 0 saturated heterocycles. The highest BCUT2D eigenvalue weighted by Crippen LogP contribution is 2.24. The highest BCUT2D eigenvalue weighted by atomic mass is 79.9. The molecule has 0 aliphatic carbocycles. The van der Waals surface area contributed by atoms with Crippen LogP contribution >= 0.6 is 15.9 Å². The minimum absolute atomic E-state index is 0.0548. The van der Waals surface area contributed by atoms with Gasteiger partial charge in [-0.15, -0.1) is 0 Å². The first kappa shape index (κ1) is 15.6. The molecule has 0 fully saturated rings. The van der Waals surface area contributed by atoms with E-state index in [9.17, 15) is 14.0 Å². The van der Waals surface area contributed by atoms with Crippen LogP contribution in [0.3, 0.4) is 0 Å². The molecule has 6 heteroatoms. The summed E-state index contributed by atoms with van der Waals surface area (Å²) >= 11 is 3.07. The van der Waals surface area contributed by atoms with Crippen molar-refractivity contribution < 1.29 is 19.1 Å². The molecule has 0 unspecified atom stereocenters. The number of carbonyl (C=O) groups is 2. The number of unbranched alkanes of at least 4 members (excludes halogenated alkanes) is 1. The van der Waals surface area contributed by atoms with Gasteiger partial charge in [-0.3, -0.25) is 9.59 Å². The van der Waals surface area contributed by atoms with Crippen molar-refractivity contribution in [2.45, 2.75) is 32.6 Å². The number of benzene rings is 1. The second-order valence-electron chi connectivity index (χ2n) is 4.23. The summed E-state index contributed by atoms with van der Waals surface area (Å²) in [5, 5.41) is 11.1. The molecule has 0 saturated carbocycles. The first-order valence-electron chi connectivity index (χ1n) is 5.87. The fraction of sp³-hybridized carbons (Fsp3) is 0.385. The van der Waals surface area contributed by atoms with Crippen LogP contribution in [-0.4, -0.2) is 17.0 Å². The van der Waals surface area contributed by atoms with Crippen molar-refractivity contribution in [3.05, 3.63) is 28.0 Å². The summed E-state index contributed by atoms with van der Waals surface area (Å²) in [7, 11) is 0. The molecule has 0 aliphatic heterocycles. The van der Waals surface area contributed by atoms with E-state index in [1.165, 1.54) is 6.07 Å². The van der Waals surface area contributed by atoms with Crippen LogP contribution in [0.25, 0.3) is 0 Å². The highest BCUT2D eigenvalue weighted by molar-refractivity contribution is 9.10. The molecular weight excluding hydrogens is 317 g/mol. The lowest BCUT2D eigenvalue weighted by Crippen LogP contribution is -2.12. The molecule has 19 heavy (non-hydrogen) atoms. The van der Waals surface area contributed by atoms with Gasteiger partial charge in [0.25, 0.3) is 0 Å². The Bertz CT molecular complexity index is 491. The van der Waals surface area contributed by atoms with E-state index in [-0.39, 0.29) is 18.7 Å². The van der Waals surface area contributed by atoms with Crippen molar-refractivity contribution in [1.82, 2.24) is 0 Å². The van der Waals surface area contributed by atoms with Gasteiger partial charge in [-0.25, -0.2) is 4.39 Å². The van der Waals surface area contributed by atoms with Gasteiger partial charge in [-0.05, 0) is 53.4 Å². The number of rotatable bonds is 6. The van der Waals surface area contributed by atoms with Crippen LogP contribution in [0.4, 0.5) is 10.1 Å². The van der Waals surface area contributed by atoms with Crippen molar-refractivity contribution in [2.24, 2.45) is 0 Å². The second kappa shape index (κ2) is 7.23. The first-order chi connectivity index (χ1) is 8.90. The van der Waals surface area contributed by atoms with Crippen LogP contribution in [0, 0.1) is 12.7 Å². The number of carboxylic acids is 1.